The lowest BCUT2D eigenvalue weighted by atomic mass is 10.1. The van der Waals surface area contributed by atoms with E-state index in [-0.39, 0.29) is 23.2 Å². The van der Waals surface area contributed by atoms with Crippen molar-refractivity contribution in [3.05, 3.63) is 48.3 Å². The van der Waals surface area contributed by atoms with Crippen LogP contribution in [-0.2, 0) is 0 Å². The highest BCUT2D eigenvalue weighted by atomic mass is 19.1. The lowest BCUT2D eigenvalue weighted by molar-refractivity contribution is 0.475. The average Bonchev–Trinajstić information content (AvgIpc) is 2.61. The number of rotatable bonds is 5. The van der Waals surface area contributed by atoms with E-state index in [4.69, 9.17) is 5.73 Å². The fourth-order valence-corrected chi connectivity index (χ4v) is 2.47. The van der Waals surface area contributed by atoms with Gasteiger partial charge in [0.1, 0.15) is 17.4 Å². The number of halogens is 1. The van der Waals surface area contributed by atoms with Crippen LogP contribution in [0.25, 0.3) is 22.3 Å². The van der Waals surface area contributed by atoms with Crippen molar-refractivity contribution in [2.45, 2.75) is 19.9 Å². The minimum absolute atomic E-state index is 0.0280. The second kappa shape index (κ2) is 7.03. The van der Waals surface area contributed by atoms with Crippen LogP contribution in [0.4, 0.5) is 10.2 Å². The molecule has 0 amide bonds. The number of fused-ring (bicyclic) bond motifs is 1. The fraction of sp³-hybridized carbons (Fsp3) is 0.263. The molecule has 0 unspecified atom stereocenters. The minimum Gasteiger partial charge on any atom is -0.507 e. The van der Waals surface area contributed by atoms with Crippen LogP contribution in [0.3, 0.4) is 0 Å². The summed E-state index contributed by atoms with van der Waals surface area (Å²) in [6.45, 7) is 4.66. The van der Waals surface area contributed by atoms with Gasteiger partial charge in [0, 0.05) is 18.0 Å². The first-order valence-electron chi connectivity index (χ1n) is 8.21. The molecular formula is C19H21FN4O. The van der Waals surface area contributed by atoms with Gasteiger partial charge < -0.3 is 16.2 Å². The molecule has 130 valence electrons. The van der Waals surface area contributed by atoms with Gasteiger partial charge in [0.05, 0.1) is 11.1 Å². The molecule has 3 rings (SSSR count). The third kappa shape index (κ3) is 3.69. The predicted octanol–water partition coefficient (Wildman–Crippen LogP) is 3.54. The van der Waals surface area contributed by atoms with Gasteiger partial charge in [0.2, 0.25) is 0 Å². The van der Waals surface area contributed by atoms with E-state index in [1.165, 1.54) is 18.2 Å². The Morgan fingerprint density at radius 1 is 1.16 bits per heavy atom. The molecule has 0 spiro atoms. The molecule has 0 radical (unpaired) electrons. The monoisotopic (exact) mass is 340 g/mol. The van der Waals surface area contributed by atoms with E-state index < -0.39 is 5.82 Å². The summed E-state index contributed by atoms with van der Waals surface area (Å²) in [7, 11) is 0. The normalized spacial score (nSPS) is 12.5. The molecule has 1 heterocycles. The molecule has 0 saturated heterocycles. The van der Waals surface area contributed by atoms with Crippen LogP contribution in [0.2, 0.25) is 0 Å². The third-order valence-electron chi connectivity index (χ3n) is 4.16. The van der Waals surface area contributed by atoms with Crippen molar-refractivity contribution in [3.63, 3.8) is 0 Å². The van der Waals surface area contributed by atoms with E-state index in [0.29, 0.717) is 23.8 Å². The molecule has 1 aromatic heterocycles. The minimum atomic E-state index is -0.458. The quantitative estimate of drug-likeness (QED) is 0.662. The Morgan fingerprint density at radius 2 is 1.92 bits per heavy atom. The number of hydrogen-bond donors (Lipinski definition) is 3. The topological polar surface area (TPSA) is 84.1 Å². The molecule has 3 aromatic rings. The number of benzene rings is 2. The summed E-state index contributed by atoms with van der Waals surface area (Å²) < 4.78 is 13.6. The maximum atomic E-state index is 13.6. The largest absolute Gasteiger partial charge is 0.507 e. The lowest BCUT2D eigenvalue weighted by Gasteiger charge is -2.18. The Morgan fingerprint density at radius 3 is 2.68 bits per heavy atom. The van der Waals surface area contributed by atoms with Gasteiger partial charge in [0.25, 0.3) is 0 Å². The van der Waals surface area contributed by atoms with Gasteiger partial charge in [-0.2, -0.15) is 0 Å². The van der Waals surface area contributed by atoms with Gasteiger partial charge >= 0.3 is 0 Å². The molecule has 6 heteroatoms. The SMILES string of the molecule is CC(C)[C@H](N)CNc1nc(-c2cc(F)ccc2O)nc2ccccc12. The maximum Gasteiger partial charge on any atom is 0.165 e. The molecule has 0 bridgehead atoms. The van der Waals surface area contributed by atoms with Crippen molar-refractivity contribution in [2.75, 3.05) is 11.9 Å². The molecule has 0 fully saturated rings. The lowest BCUT2D eigenvalue weighted by Crippen LogP contribution is -2.34. The van der Waals surface area contributed by atoms with Gasteiger partial charge in [-0.3, -0.25) is 0 Å². The molecule has 0 aliphatic heterocycles. The smallest absolute Gasteiger partial charge is 0.165 e. The molecule has 0 aliphatic carbocycles. The molecule has 0 aliphatic rings. The van der Waals surface area contributed by atoms with Gasteiger partial charge in [-0.25, -0.2) is 14.4 Å². The van der Waals surface area contributed by atoms with Crippen LogP contribution >= 0.6 is 0 Å². The van der Waals surface area contributed by atoms with Crippen LogP contribution in [0.5, 0.6) is 5.75 Å². The summed E-state index contributed by atoms with van der Waals surface area (Å²) in [5.41, 5.74) is 7.06. The van der Waals surface area contributed by atoms with E-state index >= 15 is 0 Å². The molecule has 2 aromatic carbocycles. The number of hydrogen-bond acceptors (Lipinski definition) is 5. The van der Waals surface area contributed by atoms with Crippen LogP contribution < -0.4 is 11.1 Å². The number of phenols is 1. The first-order valence-corrected chi connectivity index (χ1v) is 8.21. The van der Waals surface area contributed by atoms with Crippen molar-refractivity contribution in [3.8, 4) is 17.1 Å². The number of para-hydroxylation sites is 1. The predicted molar refractivity (Wildman–Crippen MR) is 97.9 cm³/mol. The van der Waals surface area contributed by atoms with Crippen molar-refractivity contribution in [1.82, 2.24) is 9.97 Å². The average molecular weight is 340 g/mol. The Bertz CT molecular complexity index is 898. The Labute approximate surface area is 145 Å². The van der Waals surface area contributed by atoms with Gasteiger partial charge in [-0.15, -0.1) is 0 Å². The summed E-state index contributed by atoms with van der Waals surface area (Å²) in [5.74, 6) is 0.673. The van der Waals surface area contributed by atoms with Crippen LogP contribution in [0, 0.1) is 11.7 Å². The summed E-state index contributed by atoms with van der Waals surface area (Å²) >= 11 is 0. The highest BCUT2D eigenvalue weighted by Gasteiger charge is 2.14. The van der Waals surface area contributed by atoms with Crippen molar-refractivity contribution >= 4 is 16.7 Å². The molecule has 1 atom stereocenters. The van der Waals surface area contributed by atoms with Crippen LogP contribution in [-0.4, -0.2) is 27.7 Å². The van der Waals surface area contributed by atoms with Crippen molar-refractivity contribution in [1.29, 1.82) is 0 Å². The second-order valence-corrected chi connectivity index (χ2v) is 6.36. The van der Waals surface area contributed by atoms with E-state index in [1.807, 2.05) is 24.3 Å². The molecule has 5 nitrogen and oxygen atoms in total. The summed E-state index contributed by atoms with van der Waals surface area (Å²) in [4.78, 5) is 8.96. The second-order valence-electron chi connectivity index (χ2n) is 6.36. The summed E-state index contributed by atoms with van der Waals surface area (Å²) in [5, 5.41) is 14.2. The van der Waals surface area contributed by atoms with Crippen molar-refractivity contribution in [2.24, 2.45) is 11.7 Å². The number of nitrogens with one attached hydrogen (secondary N) is 1. The van der Waals surface area contributed by atoms with Gasteiger partial charge in [-0.1, -0.05) is 26.0 Å². The van der Waals surface area contributed by atoms with E-state index in [2.05, 4.69) is 29.1 Å². The van der Waals surface area contributed by atoms with E-state index in [9.17, 15) is 9.50 Å². The zero-order valence-electron chi connectivity index (χ0n) is 14.2. The highest BCUT2D eigenvalue weighted by Crippen LogP contribution is 2.30. The maximum absolute atomic E-state index is 13.6. The summed E-state index contributed by atoms with van der Waals surface area (Å²) in [6, 6.07) is 11.2. The number of phenolic OH excluding ortho intramolecular Hbond substituents is 1. The van der Waals surface area contributed by atoms with Crippen LogP contribution in [0.1, 0.15) is 13.8 Å². The number of anilines is 1. The molecular weight excluding hydrogens is 319 g/mol. The first kappa shape index (κ1) is 17.1. The van der Waals surface area contributed by atoms with Crippen molar-refractivity contribution < 1.29 is 9.50 Å². The molecule has 0 saturated carbocycles. The fourth-order valence-electron chi connectivity index (χ4n) is 2.47. The Balaban J connectivity index is 2.07. The molecule has 4 N–H and O–H groups in total. The van der Waals surface area contributed by atoms with E-state index in [0.717, 1.165) is 5.39 Å². The molecule has 25 heavy (non-hydrogen) atoms. The van der Waals surface area contributed by atoms with Crippen LogP contribution in [0.15, 0.2) is 42.5 Å². The Kier molecular flexibility index (Phi) is 4.81. The highest BCUT2D eigenvalue weighted by molar-refractivity contribution is 5.90. The number of nitrogens with zero attached hydrogens (tertiary/aromatic N) is 2. The Hall–Kier alpha value is -2.73. The third-order valence-corrected chi connectivity index (χ3v) is 4.16. The number of aromatic hydroxyl groups is 1. The number of nitrogens with two attached hydrogens (primary N) is 1. The number of aromatic nitrogens is 2. The zero-order valence-corrected chi connectivity index (χ0v) is 14.2. The van der Waals surface area contributed by atoms with E-state index in [1.54, 1.807) is 0 Å². The standard InChI is InChI=1S/C19H21FN4O/c1-11(2)15(21)10-22-18-13-5-3-4-6-16(13)23-19(24-18)14-9-12(20)7-8-17(14)25/h3-9,11,15,25H,10,21H2,1-2H3,(H,22,23,24)/t15-/m1/s1. The zero-order chi connectivity index (χ0) is 18.0. The first-order chi connectivity index (χ1) is 12.0. The van der Waals surface area contributed by atoms with Gasteiger partial charge in [0.15, 0.2) is 5.82 Å². The summed E-state index contributed by atoms with van der Waals surface area (Å²) in [6.07, 6.45) is 0. The van der Waals surface area contributed by atoms with Gasteiger partial charge in [-0.05, 0) is 36.2 Å².